The minimum absolute atomic E-state index is 0. The standard InChI is InChI=1S/C15H32O4S.Na.H/c1-3-5-6-7-8-9-10-11-12-13-14-19-20(17,18)15(16)4-2;;/h15-16H,3-14H2,1-2H3;;/q;+1;-1. The predicted molar refractivity (Wildman–Crippen MR) is 84.1 cm³/mol. The monoisotopic (exact) mass is 332 g/mol. The van der Waals surface area contributed by atoms with E-state index in [-0.39, 0.29) is 44.0 Å². The van der Waals surface area contributed by atoms with Crippen molar-refractivity contribution in [3.63, 3.8) is 0 Å². The van der Waals surface area contributed by atoms with Crippen molar-refractivity contribution in [1.29, 1.82) is 0 Å². The summed E-state index contributed by atoms with van der Waals surface area (Å²) in [6.45, 7) is 4.03. The van der Waals surface area contributed by atoms with Crippen LogP contribution in [-0.4, -0.2) is 25.6 Å². The topological polar surface area (TPSA) is 63.6 Å². The minimum Gasteiger partial charge on any atom is -1.00 e. The summed E-state index contributed by atoms with van der Waals surface area (Å²) >= 11 is 0. The van der Waals surface area contributed by atoms with Crippen molar-refractivity contribution in [1.82, 2.24) is 0 Å². The van der Waals surface area contributed by atoms with E-state index in [1.54, 1.807) is 6.92 Å². The zero-order chi connectivity index (χ0) is 15.3. The number of unbranched alkanes of at least 4 members (excludes halogenated alkanes) is 9. The second-order valence-corrected chi connectivity index (χ2v) is 7.13. The first-order chi connectivity index (χ1) is 9.54. The van der Waals surface area contributed by atoms with E-state index in [0.29, 0.717) is 0 Å². The van der Waals surface area contributed by atoms with E-state index in [0.717, 1.165) is 19.3 Å². The van der Waals surface area contributed by atoms with Crippen LogP contribution in [0.2, 0.25) is 0 Å². The summed E-state index contributed by atoms with van der Waals surface area (Å²) in [5.74, 6) is 0. The van der Waals surface area contributed by atoms with Gasteiger partial charge in [0.25, 0.3) is 10.1 Å². The third kappa shape index (κ3) is 14.2. The molecule has 0 spiro atoms. The molecule has 0 aliphatic rings. The maximum absolute atomic E-state index is 11.3. The SMILES string of the molecule is CCCCCCCCCCCCOS(=O)(=O)C(O)CC.[H-].[Na+]. The second-order valence-electron chi connectivity index (χ2n) is 5.36. The van der Waals surface area contributed by atoms with Gasteiger partial charge in [-0.3, -0.25) is 4.18 Å². The first-order valence-electron chi connectivity index (χ1n) is 8.11. The smallest absolute Gasteiger partial charge is 1.00 e. The van der Waals surface area contributed by atoms with Crippen molar-refractivity contribution >= 4 is 10.1 Å². The van der Waals surface area contributed by atoms with Gasteiger partial charge in [0.05, 0.1) is 6.61 Å². The largest absolute Gasteiger partial charge is 1.00 e. The van der Waals surface area contributed by atoms with Gasteiger partial charge < -0.3 is 6.53 Å². The van der Waals surface area contributed by atoms with Crippen LogP contribution in [0.25, 0.3) is 0 Å². The molecule has 6 heteroatoms. The van der Waals surface area contributed by atoms with Crippen LogP contribution in [0.15, 0.2) is 0 Å². The Balaban J connectivity index is -0.00000180. The van der Waals surface area contributed by atoms with Gasteiger partial charge in [0.1, 0.15) is 0 Å². The molecular formula is C15H33NaO4S. The van der Waals surface area contributed by atoms with E-state index in [1.165, 1.54) is 44.9 Å². The molecule has 0 radical (unpaired) electrons. The van der Waals surface area contributed by atoms with E-state index < -0.39 is 15.6 Å². The van der Waals surface area contributed by atoms with Crippen LogP contribution >= 0.6 is 0 Å². The minimum atomic E-state index is -3.77. The van der Waals surface area contributed by atoms with Crippen LogP contribution in [0.4, 0.5) is 0 Å². The van der Waals surface area contributed by atoms with Crippen LogP contribution in [0.5, 0.6) is 0 Å². The summed E-state index contributed by atoms with van der Waals surface area (Å²) in [6.07, 6.45) is 12.2. The second kappa shape index (κ2) is 15.8. The fraction of sp³-hybridized carbons (Fsp3) is 1.00. The van der Waals surface area contributed by atoms with Crippen molar-refractivity contribution in [2.24, 2.45) is 0 Å². The van der Waals surface area contributed by atoms with Gasteiger partial charge in [0, 0.05) is 0 Å². The molecule has 0 saturated heterocycles. The molecule has 0 saturated carbocycles. The third-order valence-corrected chi connectivity index (χ3v) is 4.92. The Morgan fingerprint density at radius 1 is 0.905 bits per heavy atom. The number of hydrogen-bond acceptors (Lipinski definition) is 4. The van der Waals surface area contributed by atoms with Crippen molar-refractivity contribution in [3.8, 4) is 0 Å². The van der Waals surface area contributed by atoms with Crippen LogP contribution in [-0.2, 0) is 14.3 Å². The normalized spacial score (nSPS) is 12.9. The van der Waals surface area contributed by atoms with E-state index in [4.69, 9.17) is 4.18 Å². The molecule has 0 amide bonds. The van der Waals surface area contributed by atoms with E-state index >= 15 is 0 Å². The fourth-order valence-corrected chi connectivity index (χ4v) is 2.96. The predicted octanol–water partition coefficient (Wildman–Crippen LogP) is 1.10. The molecule has 0 aromatic rings. The number of aliphatic hydroxyl groups is 1. The van der Waals surface area contributed by atoms with Gasteiger partial charge in [-0.05, 0) is 12.8 Å². The summed E-state index contributed by atoms with van der Waals surface area (Å²) in [5, 5.41) is 9.23. The van der Waals surface area contributed by atoms with E-state index in [1.807, 2.05) is 0 Å². The first kappa shape index (κ1) is 24.1. The van der Waals surface area contributed by atoms with Gasteiger partial charge in [0.2, 0.25) is 0 Å². The summed E-state index contributed by atoms with van der Waals surface area (Å²) in [7, 11) is -3.77. The van der Waals surface area contributed by atoms with Gasteiger partial charge in [-0.15, -0.1) is 0 Å². The van der Waals surface area contributed by atoms with Gasteiger partial charge in [-0.1, -0.05) is 71.6 Å². The van der Waals surface area contributed by atoms with Gasteiger partial charge in [-0.25, -0.2) is 0 Å². The Morgan fingerprint density at radius 3 is 1.76 bits per heavy atom. The fourth-order valence-electron chi connectivity index (χ4n) is 2.05. The molecule has 0 heterocycles. The van der Waals surface area contributed by atoms with Crippen molar-refractivity contribution in [2.45, 2.75) is 89.9 Å². The molecule has 124 valence electrons. The summed E-state index contributed by atoms with van der Waals surface area (Å²) in [6, 6.07) is 0. The summed E-state index contributed by atoms with van der Waals surface area (Å²) in [4.78, 5) is 0. The molecule has 0 aromatic heterocycles. The maximum Gasteiger partial charge on any atom is 1.00 e. The van der Waals surface area contributed by atoms with Gasteiger partial charge >= 0.3 is 29.6 Å². The Morgan fingerprint density at radius 2 is 1.33 bits per heavy atom. The molecule has 1 unspecified atom stereocenters. The van der Waals surface area contributed by atoms with Crippen LogP contribution in [0.1, 0.15) is 85.9 Å². The number of hydrogen-bond donors (Lipinski definition) is 1. The van der Waals surface area contributed by atoms with Crippen molar-refractivity contribution in [3.05, 3.63) is 0 Å². The molecule has 0 fully saturated rings. The Kier molecular flexibility index (Phi) is 18.1. The quantitative estimate of drug-likeness (QED) is 0.294. The molecule has 1 N–H and O–H groups in total. The Bertz CT molecular complexity index is 313. The van der Waals surface area contributed by atoms with E-state index in [2.05, 4.69) is 6.92 Å². The number of rotatable bonds is 14. The van der Waals surface area contributed by atoms with Gasteiger partial charge in [-0.2, -0.15) is 8.42 Å². The first-order valence-corrected chi connectivity index (χ1v) is 9.58. The summed E-state index contributed by atoms with van der Waals surface area (Å²) in [5.41, 5.74) is -1.38. The molecule has 1 atom stereocenters. The van der Waals surface area contributed by atoms with Crippen LogP contribution < -0.4 is 29.6 Å². The Labute approximate surface area is 154 Å². The van der Waals surface area contributed by atoms with Crippen molar-refractivity contribution < 1.29 is 48.7 Å². The van der Waals surface area contributed by atoms with Crippen LogP contribution in [0, 0.1) is 0 Å². The van der Waals surface area contributed by atoms with E-state index in [9.17, 15) is 13.5 Å². The molecular weight excluding hydrogens is 299 g/mol. The molecule has 0 aromatic carbocycles. The molecule has 0 bridgehead atoms. The summed E-state index contributed by atoms with van der Waals surface area (Å²) < 4.78 is 27.5. The zero-order valence-corrected chi connectivity index (χ0v) is 17.0. The molecule has 0 aliphatic carbocycles. The van der Waals surface area contributed by atoms with Crippen LogP contribution in [0.3, 0.4) is 0 Å². The van der Waals surface area contributed by atoms with Gasteiger partial charge in [0.15, 0.2) is 5.44 Å². The average molecular weight is 332 g/mol. The average Bonchev–Trinajstić information content (AvgIpc) is 2.43. The number of aliphatic hydroxyl groups excluding tert-OH is 1. The molecule has 21 heavy (non-hydrogen) atoms. The Hall–Kier alpha value is 0.870. The molecule has 0 aliphatic heterocycles. The molecule has 0 rings (SSSR count). The molecule has 4 nitrogen and oxygen atoms in total. The maximum atomic E-state index is 11.3. The third-order valence-electron chi connectivity index (χ3n) is 3.43. The zero-order valence-electron chi connectivity index (χ0n) is 15.1. The van der Waals surface area contributed by atoms with Crippen molar-refractivity contribution in [2.75, 3.05) is 6.61 Å².